The summed E-state index contributed by atoms with van der Waals surface area (Å²) < 4.78 is 12.1. The molecule has 2 aromatic rings. The van der Waals surface area contributed by atoms with Gasteiger partial charge in [0, 0.05) is 12.6 Å². The van der Waals surface area contributed by atoms with Gasteiger partial charge < -0.3 is 20.5 Å². The maximum atomic E-state index is 11.0. The third-order valence-electron chi connectivity index (χ3n) is 3.64. The first-order chi connectivity index (χ1) is 12.0. The van der Waals surface area contributed by atoms with Crippen LogP contribution in [0.4, 0.5) is 0 Å². The highest BCUT2D eigenvalue weighted by molar-refractivity contribution is 14.1. The Kier molecular flexibility index (Phi) is 7.52. The Bertz CT molecular complexity index is 707. The number of rotatable bonds is 9. The van der Waals surface area contributed by atoms with Crippen LogP contribution in [-0.4, -0.2) is 19.1 Å². The van der Waals surface area contributed by atoms with E-state index < -0.39 is 5.91 Å². The molecule has 0 aliphatic carbocycles. The zero-order valence-electron chi connectivity index (χ0n) is 14.4. The van der Waals surface area contributed by atoms with Crippen LogP contribution in [0.5, 0.6) is 11.5 Å². The van der Waals surface area contributed by atoms with Crippen molar-refractivity contribution in [2.45, 2.75) is 26.4 Å². The summed E-state index contributed by atoms with van der Waals surface area (Å²) in [5.41, 5.74) is 7.49. The van der Waals surface area contributed by atoms with E-state index in [1.165, 1.54) is 5.56 Å². The van der Waals surface area contributed by atoms with Crippen LogP contribution in [0.15, 0.2) is 42.5 Å². The number of nitrogens with one attached hydrogen (secondary N) is 1. The molecule has 3 N–H and O–H groups in total. The zero-order valence-corrected chi connectivity index (χ0v) is 16.6. The summed E-state index contributed by atoms with van der Waals surface area (Å²) in [5, 5.41) is 3.51. The van der Waals surface area contributed by atoms with Crippen molar-refractivity contribution in [2.75, 3.05) is 13.2 Å². The summed E-state index contributed by atoms with van der Waals surface area (Å²) in [6.45, 7) is 5.09. The highest BCUT2D eigenvalue weighted by atomic mass is 127. The second kappa shape index (κ2) is 9.62. The largest absolute Gasteiger partial charge is 0.490 e. The minimum Gasteiger partial charge on any atom is -0.490 e. The monoisotopic (exact) mass is 454 g/mol. The first-order valence-electron chi connectivity index (χ1n) is 8.16. The van der Waals surface area contributed by atoms with E-state index in [0.717, 1.165) is 9.13 Å². The van der Waals surface area contributed by atoms with Gasteiger partial charge in [0.1, 0.15) is 0 Å². The van der Waals surface area contributed by atoms with E-state index in [-0.39, 0.29) is 12.6 Å². The van der Waals surface area contributed by atoms with Crippen LogP contribution >= 0.6 is 22.6 Å². The molecule has 1 amide bonds. The molecule has 1 atom stereocenters. The number of nitrogens with two attached hydrogens (primary N) is 1. The minimum atomic E-state index is -0.513. The van der Waals surface area contributed by atoms with E-state index in [9.17, 15) is 4.79 Å². The van der Waals surface area contributed by atoms with Crippen LogP contribution in [0.3, 0.4) is 0 Å². The van der Waals surface area contributed by atoms with Gasteiger partial charge in [0.25, 0.3) is 5.91 Å². The number of carbonyl (C=O) groups is 1. The zero-order chi connectivity index (χ0) is 18.2. The molecular formula is C19H23IN2O3. The molecule has 134 valence electrons. The van der Waals surface area contributed by atoms with Crippen LogP contribution in [-0.2, 0) is 11.3 Å². The average Bonchev–Trinajstić information content (AvgIpc) is 2.59. The summed E-state index contributed by atoms with van der Waals surface area (Å²) in [7, 11) is 0. The lowest BCUT2D eigenvalue weighted by molar-refractivity contribution is -0.119. The van der Waals surface area contributed by atoms with Gasteiger partial charge in [0.15, 0.2) is 18.1 Å². The molecular weight excluding hydrogens is 431 g/mol. The summed E-state index contributed by atoms with van der Waals surface area (Å²) >= 11 is 2.18. The molecule has 2 aromatic carbocycles. The van der Waals surface area contributed by atoms with Gasteiger partial charge in [-0.05, 0) is 59.7 Å². The van der Waals surface area contributed by atoms with Gasteiger partial charge in [-0.25, -0.2) is 0 Å². The van der Waals surface area contributed by atoms with Crippen molar-refractivity contribution in [1.82, 2.24) is 5.32 Å². The Morgan fingerprint density at radius 3 is 2.60 bits per heavy atom. The van der Waals surface area contributed by atoms with Crippen molar-refractivity contribution >= 4 is 28.5 Å². The molecule has 25 heavy (non-hydrogen) atoms. The standard InChI is InChI=1S/C19H23IN2O3/c1-3-24-17-10-14(9-16(20)19(17)25-12-18(21)23)11-22-13(2)15-7-5-4-6-8-15/h4-10,13,22H,3,11-12H2,1-2H3,(H2,21,23). The minimum absolute atomic E-state index is 0.168. The smallest absolute Gasteiger partial charge is 0.255 e. The summed E-state index contributed by atoms with van der Waals surface area (Å²) in [5.74, 6) is 0.668. The van der Waals surface area contributed by atoms with Crippen molar-refractivity contribution in [3.05, 3.63) is 57.2 Å². The second-order valence-electron chi connectivity index (χ2n) is 5.61. The van der Waals surface area contributed by atoms with Gasteiger partial charge >= 0.3 is 0 Å². The fourth-order valence-corrected chi connectivity index (χ4v) is 3.22. The van der Waals surface area contributed by atoms with E-state index >= 15 is 0 Å². The highest BCUT2D eigenvalue weighted by Gasteiger charge is 2.14. The summed E-state index contributed by atoms with van der Waals surface area (Å²) in [6, 6.07) is 14.5. The molecule has 0 bridgehead atoms. The number of benzene rings is 2. The maximum Gasteiger partial charge on any atom is 0.255 e. The van der Waals surface area contributed by atoms with Gasteiger partial charge in [0.2, 0.25) is 0 Å². The Balaban J connectivity index is 2.11. The molecule has 0 fully saturated rings. The summed E-state index contributed by atoms with van der Waals surface area (Å²) in [4.78, 5) is 11.0. The van der Waals surface area contributed by atoms with E-state index in [2.05, 4.69) is 47.0 Å². The number of ether oxygens (including phenoxy) is 2. The topological polar surface area (TPSA) is 73.6 Å². The van der Waals surface area contributed by atoms with Crippen molar-refractivity contribution in [2.24, 2.45) is 5.73 Å². The molecule has 5 nitrogen and oxygen atoms in total. The lowest BCUT2D eigenvalue weighted by atomic mass is 10.1. The summed E-state index contributed by atoms with van der Waals surface area (Å²) in [6.07, 6.45) is 0. The third-order valence-corrected chi connectivity index (χ3v) is 4.44. The Hall–Kier alpha value is -1.80. The Morgan fingerprint density at radius 1 is 1.24 bits per heavy atom. The van der Waals surface area contributed by atoms with Crippen molar-refractivity contribution in [3.8, 4) is 11.5 Å². The van der Waals surface area contributed by atoms with Gasteiger partial charge in [-0.1, -0.05) is 30.3 Å². The van der Waals surface area contributed by atoms with E-state index in [1.807, 2.05) is 37.3 Å². The van der Waals surface area contributed by atoms with E-state index in [0.29, 0.717) is 24.7 Å². The Morgan fingerprint density at radius 2 is 1.96 bits per heavy atom. The SMILES string of the molecule is CCOc1cc(CNC(C)c2ccccc2)cc(I)c1OCC(N)=O. The number of carbonyl (C=O) groups excluding carboxylic acids is 1. The first kappa shape index (κ1) is 19.5. The molecule has 0 aliphatic rings. The first-order valence-corrected chi connectivity index (χ1v) is 9.23. The molecule has 6 heteroatoms. The average molecular weight is 454 g/mol. The number of hydrogen-bond donors (Lipinski definition) is 2. The normalized spacial score (nSPS) is 11.8. The molecule has 0 aliphatic heterocycles. The number of halogens is 1. The van der Waals surface area contributed by atoms with Gasteiger partial charge in [-0.3, -0.25) is 4.79 Å². The van der Waals surface area contributed by atoms with Crippen molar-refractivity contribution in [1.29, 1.82) is 0 Å². The number of primary amides is 1. The quantitative estimate of drug-likeness (QED) is 0.570. The predicted molar refractivity (Wildman–Crippen MR) is 107 cm³/mol. The van der Waals surface area contributed by atoms with Crippen LogP contribution in [0.1, 0.15) is 31.0 Å². The van der Waals surface area contributed by atoms with E-state index in [4.69, 9.17) is 15.2 Å². The lowest BCUT2D eigenvalue weighted by Gasteiger charge is -2.17. The fraction of sp³-hybridized carbons (Fsp3) is 0.316. The fourth-order valence-electron chi connectivity index (χ4n) is 2.40. The second-order valence-corrected chi connectivity index (χ2v) is 6.77. The van der Waals surface area contributed by atoms with Crippen molar-refractivity contribution in [3.63, 3.8) is 0 Å². The third kappa shape index (κ3) is 5.89. The van der Waals surface area contributed by atoms with Gasteiger partial charge in [0.05, 0.1) is 10.2 Å². The lowest BCUT2D eigenvalue weighted by Crippen LogP contribution is -2.21. The molecule has 0 heterocycles. The molecule has 2 rings (SSSR count). The van der Waals surface area contributed by atoms with Gasteiger partial charge in [-0.15, -0.1) is 0 Å². The van der Waals surface area contributed by atoms with Crippen LogP contribution in [0.25, 0.3) is 0 Å². The van der Waals surface area contributed by atoms with Gasteiger partial charge in [-0.2, -0.15) is 0 Å². The maximum absolute atomic E-state index is 11.0. The number of hydrogen-bond acceptors (Lipinski definition) is 4. The number of amides is 1. The predicted octanol–water partition coefficient (Wildman–Crippen LogP) is 3.40. The van der Waals surface area contributed by atoms with E-state index in [1.54, 1.807) is 0 Å². The molecule has 0 aromatic heterocycles. The van der Waals surface area contributed by atoms with Crippen molar-refractivity contribution < 1.29 is 14.3 Å². The Labute approximate surface area is 162 Å². The molecule has 0 radical (unpaired) electrons. The highest BCUT2D eigenvalue weighted by Crippen LogP contribution is 2.34. The molecule has 0 saturated heterocycles. The van der Waals surface area contributed by atoms with Crippen LogP contribution < -0.4 is 20.5 Å². The molecule has 0 saturated carbocycles. The van der Waals surface area contributed by atoms with Crippen LogP contribution in [0.2, 0.25) is 0 Å². The van der Waals surface area contributed by atoms with Crippen LogP contribution in [0, 0.1) is 3.57 Å². The molecule has 0 spiro atoms. The molecule has 1 unspecified atom stereocenters.